The molecule has 6 nitrogen and oxygen atoms in total. The second-order valence-electron chi connectivity index (χ2n) is 4.88. The fourth-order valence-corrected chi connectivity index (χ4v) is 2.80. The molecular weight excluding hydrogens is 326 g/mol. The van der Waals surface area contributed by atoms with E-state index >= 15 is 0 Å². The van der Waals surface area contributed by atoms with Gasteiger partial charge in [0.2, 0.25) is 10.0 Å². The molecule has 0 fully saturated rings. The van der Waals surface area contributed by atoms with Gasteiger partial charge in [-0.2, -0.15) is 0 Å². The maximum Gasteiger partial charge on any atom is 0.251 e. The molecule has 0 aliphatic carbocycles. The fraction of sp³-hybridized carbons (Fsp3) is 0.500. The summed E-state index contributed by atoms with van der Waals surface area (Å²) >= 11 is 0. The van der Waals surface area contributed by atoms with Gasteiger partial charge in [-0.1, -0.05) is 13.0 Å². The van der Waals surface area contributed by atoms with Crippen LogP contribution in [0.1, 0.15) is 29.8 Å². The first-order valence-electron chi connectivity index (χ1n) is 6.87. The van der Waals surface area contributed by atoms with Gasteiger partial charge >= 0.3 is 0 Å². The number of likely N-dealkylation sites (N-methyl/N-ethyl adjacent to an activating group) is 1. The lowest BCUT2D eigenvalue weighted by Crippen LogP contribution is -2.37. The fourth-order valence-electron chi connectivity index (χ4n) is 1.73. The third kappa shape index (κ3) is 5.57. The molecule has 22 heavy (non-hydrogen) atoms. The molecule has 0 aromatic heterocycles. The third-order valence-electron chi connectivity index (χ3n) is 3.16. The Balaban J connectivity index is 0.00000441. The molecule has 3 N–H and O–H groups in total. The maximum atomic E-state index is 12.2. The van der Waals surface area contributed by atoms with E-state index in [0.717, 1.165) is 5.56 Å². The summed E-state index contributed by atoms with van der Waals surface area (Å²) < 4.78 is 26.4. The highest BCUT2D eigenvalue weighted by Crippen LogP contribution is 2.15. The van der Waals surface area contributed by atoms with Crippen LogP contribution in [0.5, 0.6) is 0 Å². The summed E-state index contributed by atoms with van der Waals surface area (Å²) in [5.74, 6) is -0.275. The van der Waals surface area contributed by atoms with Crippen LogP contribution in [0.25, 0.3) is 0 Å². The van der Waals surface area contributed by atoms with E-state index in [-0.39, 0.29) is 29.3 Å². The normalized spacial score (nSPS) is 12.4. The Morgan fingerprint density at radius 1 is 1.32 bits per heavy atom. The first-order valence-corrected chi connectivity index (χ1v) is 8.36. The van der Waals surface area contributed by atoms with E-state index in [1.54, 1.807) is 19.9 Å². The zero-order valence-corrected chi connectivity index (χ0v) is 14.9. The summed E-state index contributed by atoms with van der Waals surface area (Å²) in [7, 11) is -1.75. The molecule has 0 saturated heterocycles. The zero-order chi connectivity index (χ0) is 16.0. The Kier molecular flexibility index (Phi) is 8.62. The lowest BCUT2D eigenvalue weighted by molar-refractivity contribution is 0.0949. The predicted octanol–water partition coefficient (Wildman–Crippen LogP) is 1.05. The van der Waals surface area contributed by atoms with E-state index in [4.69, 9.17) is 0 Å². The number of halogens is 1. The van der Waals surface area contributed by atoms with Crippen molar-refractivity contribution in [1.29, 1.82) is 0 Å². The number of nitrogens with one attached hydrogen (secondary N) is 3. The van der Waals surface area contributed by atoms with E-state index in [1.807, 2.05) is 14.0 Å². The van der Waals surface area contributed by atoms with Crippen molar-refractivity contribution in [3.63, 3.8) is 0 Å². The topological polar surface area (TPSA) is 87.3 Å². The summed E-state index contributed by atoms with van der Waals surface area (Å²) in [6, 6.07) is 4.69. The molecule has 126 valence electrons. The van der Waals surface area contributed by atoms with Gasteiger partial charge in [0.1, 0.15) is 0 Å². The minimum absolute atomic E-state index is 0. The van der Waals surface area contributed by atoms with Gasteiger partial charge in [0.15, 0.2) is 0 Å². The van der Waals surface area contributed by atoms with Crippen LogP contribution in [0.15, 0.2) is 23.1 Å². The standard InChI is InChI=1S/C14H23N3O3S.ClH/c1-5-17-21(19,20)12-7-6-10(2)13(8-12)14(18)16-9-11(3)15-4;/h6-8,11,15,17H,5,9H2,1-4H3,(H,16,18);1H. The molecule has 0 aliphatic heterocycles. The molecule has 1 atom stereocenters. The van der Waals surface area contributed by atoms with E-state index < -0.39 is 10.0 Å². The number of carbonyl (C=O) groups is 1. The van der Waals surface area contributed by atoms with Gasteiger partial charge in [0, 0.05) is 24.7 Å². The van der Waals surface area contributed by atoms with Crippen molar-refractivity contribution in [2.75, 3.05) is 20.1 Å². The minimum Gasteiger partial charge on any atom is -0.350 e. The van der Waals surface area contributed by atoms with Gasteiger partial charge in [-0.25, -0.2) is 13.1 Å². The number of rotatable bonds is 7. The molecule has 1 amide bonds. The minimum atomic E-state index is -3.56. The van der Waals surface area contributed by atoms with Gasteiger partial charge in [-0.05, 0) is 38.6 Å². The molecular formula is C14H24ClN3O3S. The summed E-state index contributed by atoms with van der Waals surface area (Å²) in [6.45, 7) is 6.20. The highest BCUT2D eigenvalue weighted by Gasteiger charge is 2.17. The lowest BCUT2D eigenvalue weighted by Gasteiger charge is -2.13. The second-order valence-corrected chi connectivity index (χ2v) is 6.64. The molecule has 0 heterocycles. The van der Waals surface area contributed by atoms with Crippen LogP contribution in [0, 0.1) is 6.92 Å². The number of hydrogen-bond acceptors (Lipinski definition) is 4. The number of hydrogen-bond donors (Lipinski definition) is 3. The van der Waals surface area contributed by atoms with Crippen LogP contribution in [0.4, 0.5) is 0 Å². The van der Waals surface area contributed by atoms with Crippen molar-refractivity contribution in [2.45, 2.75) is 31.7 Å². The van der Waals surface area contributed by atoms with Gasteiger partial charge in [-0.3, -0.25) is 4.79 Å². The number of amides is 1. The monoisotopic (exact) mass is 349 g/mol. The number of sulfonamides is 1. The predicted molar refractivity (Wildman–Crippen MR) is 90.1 cm³/mol. The van der Waals surface area contributed by atoms with Crippen LogP contribution in [-0.4, -0.2) is 40.5 Å². The lowest BCUT2D eigenvalue weighted by atomic mass is 10.1. The van der Waals surface area contributed by atoms with Crippen molar-refractivity contribution in [2.24, 2.45) is 0 Å². The second kappa shape index (κ2) is 9.09. The maximum absolute atomic E-state index is 12.2. The Morgan fingerprint density at radius 2 is 1.95 bits per heavy atom. The quantitative estimate of drug-likeness (QED) is 0.686. The van der Waals surface area contributed by atoms with Gasteiger partial charge in [0.25, 0.3) is 5.91 Å². The number of benzene rings is 1. The summed E-state index contributed by atoms with van der Waals surface area (Å²) in [6.07, 6.45) is 0. The Labute approximate surface area is 138 Å². The average molecular weight is 350 g/mol. The van der Waals surface area contributed by atoms with E-state index in [2.05, 4.69) is 15.4 Å². The van der Waals surface area contributed by atoms with Crippen LogP contribution >= 0.6 is 12.4 Å². The highest BCUT2D eigenvalue weighted by atomic mass is 35.5. The van der Waals surface area contributed by atoms with Crippen molar-refractivity contribution >= 4 is 28.3 Å². The molecule has 0 bridgehead atoms. The van der Waals surface area contributed by atoms with Crippen molar-refractivity contribution in [3.8, 4) is 0 Å². The SMILES string of the molecule is CCNS(=O)(=O)c1ccc(C)c(C(=O)NCC(C)NC)c1.Cl. The molecule has 1 aromatic carbocycles. The highest BCUT2D eigenvalue weighted by molar-refractivity contribution is 7.89. The Morgan fingerprint density at radius 3 is 2.50 bits per heavy atom. The molecule has 0 saturated carbocycles. The van der Waals surface area contributed by atoms with Crippen LogP contribution in [0.3, 0.4) is 0 Å². The summed E-state index contributed by atoms with van der Waals surface area (Å²) in [4.78, 5) is 12.3. The van der Waals surface area contributed by atoms with Crippen LogP contribution < -0.4 is 15.4 Å². The van der Waals surface area contributed by atoms with Gasteiger partial charge < -0.3 is 10.6 Å². The van der Waals surface area contributed by atoms with Crippen molar-refractivity contribution in [3.05, 3.63) is 29.3 Å². The van der Waals surface area contributed by atoms with Gasteiger partial charge in [0.05, 0.1) is 4.90 Å². The summed E-state index contributed by atoms with van der Waals surface area (Å²) in [5.41, 5.74) is 1.11. The van der Waals surface area contributed by atoms with Crippen LogP contribution in [0.2, 0.25) is 0 Å². The summed E-state index contributed by atoms with van der Waals surface area (Å²) in [5, 5.41) is 5.80. The largest absolute Gasteiger partial charge is 0.350 e. The molecule has 1 unspecified atom stereocenters. The van der Waals surface area contributed by atoms with Crippen LogP contribution in [-0.2, 0) is 10.0 Å². The van der Waals surface area contributed by atoms with E-state index in [0.29, 0.717) is 18.7 Å². The molecule has 1 rings (SSSR count). The molecule has 8 heteroatoms. The first kappa shape index (κ1) is 20.9. The zero-order valence-electron chi connectivity index (χ0n) is 13.3. The average Bonchev–Trinajstić information content (AvgIpc) is 2.44. The Hall–Kier alpha value is -1.15. The molecule has 0 spiro atoms. The third-order valence-corrected chi connectivity index (χ3v) is 4.70. The Bertz CT molecular complexity index is 605. The number of aryl methyl sites for hydroxylation is 1. The van der Waals surface area contributed by atoms with E-state index in [9.17, 15) is 13.2 Å². The molecule has 0 aliphatic rings. The molecule has 1 aromatic rings. The number of carbonyl (C=O) groups excluding carboxylic acids is 1. The van der Waals surface area contributed by atoms with Crippen molar-refractivity contribution in [1.82, 2.24) is 15.4 Å². The first-order chi connectivity index (χ1) is 9.81. The van der Waals surface area contributed by atoms with E-state index in [1.165, 1.54) is 12.1 Å². The smallest absolute Gasteiger partial charge is 0.251 e. The van der Waals surface area contributed by atoms with Crippen molar-refractivity contribution < 1.29 is 13.2 Å². The van der Waals surface area contributed by atoms with Gasteiger partial charge in [-0.15, -0.1) is 12.4 Å². The molecule has 0 radical (unpaired) electrons.